The Labute approximate surface area is 80.4 Å². The zero-order valence-electron chi connectivity index (χ0n) is 7.42. The van der Waals surface area contributed by atoms with Crippen LogP contribution < -0.4 is 0 Å². The van der Waals surface area contributed by atoms with E-state index in [9.17, 15) is 4.79 Å². The summed E-state index contributed by atoms with van der Waals surface area (Å²) in [5.74, 6) is 4.47. The maximum absolute atomic E-state index is 10.2. The molecule has 3 nitrogen and oxygen atoms in total. The van der Waals surface area contributed by atoms with E-state index < -0.39 is 5.97 Å². The summed E-state index contributed by atoms with van der Waals surface area (Å²) in [5, 5.41) is 9.31. The summed E-state index contributed by atoms with van der Waals surface area (Å²) in [7, 11) is 0. The van der Waals surface area contributed by atoms with E-state index in [0.29, 0.717) is 0 Å². The van der Waals surface area contributed by atoms with E-state index >= 15 is 0 Å². The molecule has 0 aromatic carbocycles. The van der Waals surface area contributed by atoms with Gasteiger partial charge in [-0.3, -0.25) is 4.79 Å². The fraction of sp³-hybridized carbons (Fsp3) is 0.333. The van der Waals surface area contributed by atoms with E-state index in [4.69, 9.17) is 5.11 Å². The zero-order chi connectivity index (χ0) is 9.84. The highest BCUT2D eigenvalue weighted by atomic mass is 32.1. The first-order valence-electron chi connectivity index (χ1n) is 3.74. The molecule has 0 unspecified atom stereocenters. The van der Waals surface area contributed by atoms with Crippen molar-refractivity contribution in [2.45, 2.75) is 20.3 Å². The van der Waals surface area contributed by atoms with Gasteiger partial charge in [0.15, 0.2) is 0 Å². The smallest absolute Gasteiger partial charge is 0.315 e. The van der Waals surface area contributed by atoms with E-state index in [2.05, 4.69) is 16.8 Å². The first-order valence-corrected chi connectivity index (χ1v) is 4.56. The van der Waals surface area contributed by atoms with Gasteiger partial charge in [0, 0.05) is 0 Å². The molecular formula is C9H9NO2S. The SMILES string of the molecule is Cc1nc(C)c(C#CCC(=O)O)s1. The van der Waals surface area contributed by atoms with Gasteiger partial charge >= 0.3 is 5.97 Å². The van der Waals surface area contributed by atoms with Gasteiger partial charge in [-0.05, 0) is 13.8 Å². The first kappa shape index (κ1) is 9.75. The average Bonchev–Trinajstić information content (AvgIpc) is 2.29. The number of nitrogens with zero attached hydrogens (tertiary/aromatic N) is 1. The second kappa shape index (κ2) is 4.06. The molecule has 0 atom stereocenters. The van der Waals surface area contributed by atoms with Gasteiger partial charge in [0.05, 0.1) is 15.6 Å². The lowest BCUT2D eigenvalue weighted by atomic mass is 10.3. The third-order valence-corrected chi connectivity index (χ3v) is 2.33. The van der Waals surface area contributed by atoms with Crippen LogP contribution in [0.1, 0.15) is 22.0 Å². The van der Waals surface area contributed by atoms with Crippen LogP contribution in [-0.2, 0) is 4.79 Å². The number of thiazole rings is 1. The Kier molecular flexibility index (Phi) is 3.04. The molecule has 4 heteroatoms. The summed E-state index contributed by atoms with van der Waals surface area (Å²) in [6.07, 6.45) is -0.115. The van der Waals surface area contributed by atoms with Crippen molar-refractivity contribution in [2.24, 2.45) is 0 Å². The Morgan fingerprint density at radius 1 is 1.62 bits per heavy atom. The van der Waals surface area contributed by atoms with Crippen molar-refractivity contribution < 1.29 is 9.90 Å². The highest BCUT2D eigenvalue weighted by Crippen LogP contribution is 2.15. The van der Waals surface area contributed by atoms with Crippen LogP contribution >= 0.6 is 11.3 Å². The number of hydrogen-bond donors (Lipinski definition) is 1. The van der Waals surface area contributed by atoms with Gasteiger partial charge in [-0.15, -0.1) is 11.3 Å². The number of carbonyl (C=O) groups is 1. The molecule has 0 aliphatic rings. The summed E-state index contributed by atoms with van der Waals surface area (Å²) in [5.41, 5.74) is 0.875. The van der Waals surface area contributed by atoms with Gasteiger partial charge < -0.3 is 5.11 Å². The Morgan fingerprint density at radius 2 is 2.31 bits per heavy atom. The quantitative estimate of drug-likeness (QED) is 0.692. The minimum atomic E-state index is -0.897. The molecule has 0 saturated heterocycles. The summed E-state index contributed by atoms with van der Waals surface area (Å²) in [6.45, 7) is 3.77. The third kappa shape index (κ3) is 2.88. The molecule has 68 valence electrons. The lowest BCUT2D eigenvalue weighted by Crippen LogP contribution is -1.90. The molecule has 0 saturated carbocycles. The van der Waals surface area contributed by atoms with Crippen molar-refractivity contribution in [3.63, 3.8) is 0 Å². The van der Waals surface area contributed by atoms with Crippen molar-refractivity contribution >= 4 is 17.3 Å². The van der Waals surface area contributed by atoms with Crippen LogP contribution in [0.3, 0.4) is 0 Å². The number of aliphatic carboxylic acids is 1. The molecule has 0 aliphatic carbocycles. The minimum absolute atomic E-state index is 0.115. The van der Waals surface area contributed by atoms with Crippen molar-refractivity contribution in [2.75, 3.05) is 0 Å². The summed E-state index contributed by atoms with van der Waals surface area (Å²) >= 11 is 1.49. The number of aryl methyl sites for hydroxylation is 2. The van der Waals surface area contributed by atoms with Crippen molar-refractivity contribution in [3.8, 4) is 11.8 Å². The topological polar surface area (TPSA) is 50.2 Å². The number of rotatable bonds is 1. The predicted molar refractivity (Wildman–Crippen MR) is 50.7 cm³/mol. The van der Waals surface area contributed by atoms with Crippen LogP contribution in [0.4, 0.5) is 0 Å². The average molecular weight is 195 g/mol. The molecule has 0 radical (unpaired) electrons. The molecule has 1 N–H and O–H groups in total. The molecule has 1 aromatic rings. The third-order valence-electron chi connectivity index (χ3n) is 1.35. The summed E-state index contributed by atoms with van der Waals surface area (Å²) < 4.78 is 0. The van der Waals surface area contributed by atoms with E-state index in [0.717, 1.165) is 15.6 Å². The Morgan fingerprint density at radius 3 is 2.77 bits per heavy atom. The first-order chi connectivity index (χ1) is 6.09. The summed E-state index contributed by atoms with van der Waals surface area (Å²) in [4.78, 5) is 15.2. The van der Waals surface area contributed by atoms with Gasteiger partial charge in [0.25, 0.3) is 0 Å². The molecule has 1 rings (SSSR count). The standard InChI is InChI=1S/C9H9NO2S/c1-6-8(13-7(2)10-6)4-3-5-9(11)12/h5H2,1-2H3,(H,11,12). The molecule has 0 bridgehead atoms. The van der Waals surface area contributed by atoms with E-state index in [-0.39, 0.29) is 6.42 Å². The van der Waals surface area contributed by atoms with Crippen LogP contribution in [-0.4, -0.2) is 16.1 Å². The van der Waals surface area contributed by atoms with E-state index in [1.807, 2.05) is 13.8 Å². The monoisotopic (exact) mass is 195 g/mol. The van der Waals surface area contributed by atoms with Gasteiger partial charge in [0.1, 0.15) is 6.42 Å². The van der Waals surface area contributed by atoms with Crippen LogP contribution in [0.25, 0.3) is 0 Å². The van der Waals surface area contributed by atoms with Gasteiger partial charge in [-0.2, -0.15) is 0 Å². The fourth-order valence-corrected chi connectivity index (χ4v) is 1.64. The molecular weight excluding hydrogens is 186 g/mol. The van der Waals surface area contributed by atoms with Crippen LogP contribution in [0.5, 0.6) is 0 Å². The van der Waals surface area contributed by atoms with Crippen LogP contribution in [0.2, 0.25) is 0 Å². The molecule has 0 aliphatic heterocycles. The maximum atomic E-state index is 10.2. The largest absolute Gasteiger partial charge is 0.481 e. The van der Waals surface area contributed by atoms with E-state index in [1.165, 1.54) is 11.3 Å². The van der Waals surface area contributed by atoms with Crippen LogP contribution in [0, 0.1) is 25.7 Å². The van der Waals surface area contributed by atoms with Gasteiger partial charge in [-0.25, -0.2) is 4.98 Å². The molecule has 13 heavy (non-hydrogen) atoms. The highest BCUT2D eigenvalue weighted by molar-refractivity contribution is 7.12. The number of carboxylic acid groups (broad SMARTS) is 1. The molecule has 0 spiro atoms. The normalized spacial score (nSPS) is 9.08. The minimum Gasteiger partial charge on any atom is -0.481 e. The fourth-order valence-electron chi connectivity index (χ4n) is 0.847. The van der Waals surface area contributed by atoms with Crippen molar-refractivity contribution in [1.82, 2.24) is 4.98 Å². The molecule has 1 heterocycles. The number of aromatic nitrogens is 1. The lowest BCUT2D eigenvalue weighted by Gasteiger charge is -1.81. The van der Waals surface area contributed by atoms with E-state index in [1.54, 1.807) is 0 Å². The van der Waals surface area contributed by atoms with Crippen LogP contribution in [0.15, 0.2) is 0 Å². The zero-order valence-corrected chi connectivity index (χ0v) is 8.23. The maximum Gasteiger partial charge on any atom is 0.315 e. The molecule has 1 aromatic heterocycles. The Bertz CT molecular complexity index is 384. The highest BCUT2D eigenvalue weighted by Gasteiger charge is 2.00. The Hall–Kier alpha value is -1.34. The Balaban J connectivity index is 2.77. The number of hydrogen-bond acceptors (Lipinski definition) is 3. The van der Waals surface area contributed by atoms with Gasteiger partial charge in [-0.1, -0.05) is 11.8 Å². The van der Waals surface area contributed by atoms with Crippen molar-refractivity contribution in [3.05, 3.63) is 15.6 Å². The number of carboxylic acids is 1. The second-order valence-corrected chi connectivity index (χ2v) is 3.72. The van der Waals surface area contributed by atoms with Gasteiger partial charge in [0.2, 0.25) is 0 Å². The predicted octanol–water partition coefficient (Wildman–Crippen LogP) is 1.59. The van der Waals surface area contributed by atoms with Crippen molar-refractivity contribution in [1.29, 1.82) is 0 Å². The second-order valence-electron chi connectivity index (χ2n) is 2.52. The molecule has 0 fully saturated rings. The molecule has 0 amide bonds. The lowest BCUT2D eigenvalue weighted by molar-refractivity contribution is -0.135. The summed E-state index contributed by atoms with van der Waals surface area (Å²) in [6, 6.07) is 0.